The van der Waals surface area contributed by atoms with Crippen molar-refractivity contribution < 1.29 is 19.4 Å². The van der Waals surface area contributed by atoms with E-state index >= 15 is 0 Å². The van der Waals surface area contributed by atoms with E-state index < -0.39 is 17.9 Å². The van der Waals surface area contributed by atoms with Gasteiger partial charge in [0.05, 0.1) is 25.0 Å². The number of para-hydroxylation sites is 2. The average molecular weight is 425 g/mol. The number of ether oxygens (including phenoxy) is 1. The van der Waals surface area contributed by atoms with Crippen LogP contribution in [0, 0.1) is 0 Å². The zero-order valence-corrected chi connectivity index (χ0v) is 16.6. The van der Waals surface area contributed by atoms with Gasteiger partial charge in [-0.15, -0.1) is 0 Å². The highest BCUT2D eigenvalue weighted by atomic mass is 35.5. The number of aromatic nitrogens is 2. The molecule has 1 aromatic heterocycles. The summed E-state index contributed by atoms with van der Waals surface area (Å²) in [4.78, 5) is 24.6. The summed E-state index contributed by atoms with van der Waals surface area (Å²) < 4.78 is 6.82. The molecule has 30 heavy (non-hydrogen) atoms. The summed E-state index contributed by atoms with van der Waals surface area (Å²) in [6.45, 7) is 0. The number of fused-ring (bicyclic) bond motifs is 1. The van der Waals surface area contributed by atoms with Crippen molar-refractivity contribution in [2.45, 2.75) is 6.04 Å². The molecule has 3 N–H and O–H groups in total. The number of halogens is 1. The first-order chi connectivity index (χ1) is 14.5. The smallest absolute Gasteiger partial charge is 0.352 e. The molecule has 0 aliphatic carbocycles. The first kappa shape index (κ1) is 19.5. The molecule has 2 heterocycles. The quantitative estimate of drug-likeness (QED) is 0.575. The molecule has 9 heteroatoms. The van der Waals surface area contributed by atoms with Gasteiger partial charge in [0, 0.05) is 5.02 Å². The van der Waals surface area contributed by atoms with Gasteiger partial charge in [-0.1, -0.05) is 35.9 Å². The summed E-state index contributed by atoms with van der Waals surface area (Å²) in [7, 11) is 1.51. The third-order valence-electron chi connectivity index (χ3n) is 4.68. The number of aliphatic carboxylic acids is 1. The summed E-state index contributed by atoms with van der Waals surface area (Å²) in [6, 6.07) is 13.5. The van der Waals surface area contributed by atoms with Gasteiger partial charge in [-0.3, -0.25) is 4.79 Å². The second-order valence-electron chi connectivity index (χ2n) is 6.51. The highest BCUT2D eigenvalue weighted by Gasteiger charge is 2.29. The van der Waals surface area contributed by atoms with E-state index in [1.807, 2.05) is 0 Å². The Labute approximate surface area is 176 Å². The van der Waals surface area contributed by atoms with Gasteiger partial charge in [0.2, 0.25) is 0 Å². The minimum Gasteiger partial charge on any atom is -0.495 e. The lowest BCUT2D eigenvalue weighted by molar-refractivity contribution is -0.132. The van der Waals surface area contributed by atoms with Crippen molar-refractivity contribution in [2.24, 2.45) is 0 Å². The third-order valence-corrected chi connectivity index (χ3v) is 4.93. The van der Waals surface area contributed by atoms with Crippen molar-refractivity contribution in [3.63, 3.8) is 0 Å². The van der Waals surface area contributed by atoms with Gasteiger partial charge >= 0.3 is 5.97 Å². The van der Waals surface area contributed by atoms with Crippen LogP contribution >= 0.6 is 11.6 Å². The van der Waals surface area contributed by atoms with Crippen molar-refractivity contribution in [2.75, 3.05) is 17.7 Å². The number of nitrogens with one attached hydrogen (secondary N) is 2. The number of benzene rings is 2. The number of carboxylic acids is 1. The second-order valence-corrected chi connectivity index (χ2v) is 6.95. The van der Waals surface area contributed by atoms with E-state index in [0.29, 0.717) is 16.5 Å². The number of hydrogen-bond acceptors (Lipinski definition) is 5. The Bertz CT molecular complexity index is 1150. The summed E-state index contributed by atoms with van der Waals surface area (Å²) in [5.41, 5.74) is 1.42. The highest BCUT2D eigenvalue weighted by molar-refractivity contribution is 6.30. The zero-order valence-electron chi connectivity index (χ0n) is 15.8. The van der Waals surface area contributed by atoms with Gasteiger partial charge in [-0.2, -0.15) is 5.10 Å². The van der Waals surface area contributed by atoms with E-state index in [1.54, 1.807) is 53.2 Å². The maximum atomic E-state index is 12.9. The topological polar surface area (TPSA) is 105 Å². The van der Waals surface area contributed by atoms with Crippen LogP contribution in [0.25, 0.3) is 0 Å². The third kappa shape index (κ3) is 3.60. The van der Waals surface area contributed by atoms with Gasteiger partial charge < -0.3 is 20.5 Å². The molecule has 1 amide bonds. The lowest BCUT2D eigenvalue weighted by atomic mass is 10.0. The lowest BCUT2D eigenvalue weighted by Gasteiger charge is -2.24. The van der Waals surface area contributed by atoms with E-state index in [1.165, 1.54) is 19.4 Å². The van der Waals surface area contributed by atoms with Crippen molar-refractivity contribution in [3.8, 4) is 5.75 Å². The molecule has 0 bridgehead atoms. The standard InChI is InChI=1S/C21H17ClN4O4/c1-30-18-5-3-2-4-15(18)25-20(27)14-11-23-26-17(12-6-8-13(22)9-7-12)10-16(21(28)29)24-19(14)26/h2-11,17,24H,1H3,(H,25,27)(H,28,29)/t17-/m0/s1. The van der Waals surface area contributed by atoms with Crippen LogP contribution in [0.15, 0.2) is 66.5 Å². The van der Waals surface area contributed by atoms with Crippen molar-refractivity contribution >= 4 is 35.0 Å². The molecule has 0 unspecified atom stereocenters. The summed E-state index contributed by atoms with van der Waals surface area (Å²) in [5.74, 6) is -0.806. The Morgan fingerprint density at radius 2 is 1.93 bits per heavy atom. The van der Waals surface area contributed by atoms with Crippen LogP contribution in [0.3, 0.4) is 0 Å². The van der Waals surface area contributed by atoms with Crippen LogP contribution in [0.5, 0.6) is 5.75 Å². The van der Waals surface area contributed by atoms with Gasteiger partial charge in [-0.05, 0) is 35.9 Å². The van der Waals surface area contributed by atoms with E-state index in [0.717, 1.165) is 5.56 Å². The number of hydrogen-bond donors (Lipinski definition) is 3. The second kappa shape index (κ2) is 7.92. The van der Waals surface area contributed by atoms with Gasteiger partial charge in [0.15, 0.2) is 0 Å². The average Bonchev–Trinajstić information content (AvgIpc) is 3.18. The van der Waals surface area contributed by atoms with E-state index in [2.05, 4.69) is 15.7 Å². The van der Waals surface area contributed by atoms with Gasteiger partial charge in [0.25, 0.3) is 5.91 Å². The summed E-state index contributed by atoms with van der Waals surface area (Å²) >= 11 is 5.97. The number of anilines is 2. The molecule has 1 aliphatic rings. The Morgan fingerprint density at radius 1 is 1.20 bits per heavy atom. The Hall–Kier alpha value is -3.78. The molecule has 0 saturated heterocycles. The monoisotopic (exact) mass is 424 g/mol. The van der Waals surface area contributed by atoms with E-state index in [9.17, 15) is 14.7 Å². The predicted octanol–water partition coefficient (Wildman–Crippen LogP) is 3.78. The first-order valence-corrected chi connectivity index (χ1v) is 9.35. The summed E-state index contributed by atoms with van der Waals surface area (Å²) in [6.07, 6.45) is 2.93. The van der Waals surface area contributed by atoms with Crippen LogP contribution < -0.4 is 15.4 Å². The SMILES string of the molecule is COc1ccccc1NC(=O)c1cnn2c1NC(C(=O)O)=C[C@H]2c1ccc(Cl)cc1. The molecular formula is C21H17ClN4O4. The number of nitrogens with zero attached hydrogens (tertiary/aromatic N) is 2. The first-order valence-electron chi connectivity index (χ1n) is 8.97. The van der Waals surface area contributed by atoms with Gasteiger partial charge in [0.1, 0.15) is 22.8 Å². The van der Waals surface area contributed by atoms with Crippen molar-refractivity contribution in [3.05, 3.63) is 82.7 Å². The van der Waals surface area contributed by atoms with Crippen LogP contribution in [0.1, 0.15) is 22.0 Å². The molecule has 4 rings (SSSR count). The molecule has 152 valence electrons. The van der Waals surface area contributed by atoms with Crippen molar-refractivity contribution in [1.82, 2.24) is 9.78 Å². The molecular weight excluding hydrogens is 408 g/mol. The molecule has 3 aromatic rings. The molecule has 1 atom stereocenters. The largest absolute Gasteiger partial charge is 0.495 e. The molecule has 0 saturated carbocycles. The Balaban J connectivity index is 1.72. The fourth-order valence-electron chi connectivity index (χ4n) is 3.22. The minimum atomic E-state index is -1.14. The molecule has 2 aromatic carbocycles. The number of amides is 1. The van der Waals surface area contributed by atoms with Crippen molar-refractivity contribution in [1.29, 1.82) is 0 Å². The molecule has 8 nitrogen and oxygen atoms in total. The molecule has 0 fully saturated rings. The van der Waals surface area contributed by atoms with E-state index in [4.69, 9.17) is 16.3 Å². The summed E-state index contributed by atoms with van der Waals surface area (Å²) in [5, 5.41) is 20.0. The van der Waals surface area contributed by atoms with Crippen LogP contribution in [0.4, 0.5) is 11.5 Å². The van der Waals surface area contributed by atoms with Crippen LogP contribution in [0.2, 0.25) is 5.02 Å². The number of carbonyl (C=O) groups is 2. The lowest BCUT2D eigenvalue weighted by Crippen LogP contribution is -2.25. The number of rotatable bonds is 5. The normalized spacial score (nSPS) is 14.9. The molecule has 0 radical (unpaired) electrons. The fourth-order valence-corrected chi connectivity index (χ4v) is 3.35. The minimum absolute atomic E-state index is 0.0470. The molecule has 0 spiro atoms. The molecule has 1 aliphatic heterocycles. The zero-order chi connectivity index (χ0) is 21.3. The number of carbonyl (C=O) groups excluding carboxylic acids is 1. The van der Waals surface area contributed by atoms with Crippen LogP contribution in [-0.4, -0.2) is 33.9 Å². The Morgan fingerprint density at radius 3 is 2.63 bits per heavy atom. The fraction of sp³-hybridized carbons (Fsp3) is 0.0952. The predicted molar refractivity (Wildman–Crippen MR) is 112 cm³/mol. The van der Waals surface area contributed by atoms with E-state index in [-0.39, 0.29) is 17.1 Å². The maximum Gasteiger partial charge on any atom is 0.352 e. The highest BCUT2D eigenvalue weighted by Crippen LogP contribution is 2.33. The number of methoxy groups -OCH3 is 1. The Kier molecular flexibility index (Phi) is 5.16. The van der Waals surface area contributed by atoms with Crippen LogP contribution in [-0.2, 0) is 4.79 Å². The number of allylic oxidation sites excluding steroid dienone is 1. The maximum absolute atomic E-state index is 12.9. The van der Waals surface area contributed by atoms with Gasteiger partial charge in [-0.25, -0.2) is 9.48 Å². The number of carboxylic acid groups (broad SMARTS) is 1.